The van der Waals surface area contributed by atoms with E-state index in [1.54, 1.807) is 0 Å². The maximum atomic E-state index is 4.39. The van der Waals surface area contributed by atoms with Crippen molar-refractivity contribution >= 4 is 17.0 Å². The second-order valence-electron chi connectivity index (χ2n) is 7.24. The minimum atomic E-state index is 0.450. The van der Waals surface area contributed by atoms with Crippen LogP contribution in [0, 0.1) is 5.92 Å². The third kappa shape index (κ3) is 4.12. The van der Waals surface area contributed by atoms with Crippen molar-refractivity contribution in [1.29, 1.82) is 0 Å². The van der Waals surface area contributed by atoms with Crippen LogP contribution < -0.4 is 10.6 Å². The number of rotatable bonds is 5. The summed E-state index contributed by atoms with van der Waals surface area (Å²) in [4.78, 5) is 14.5. The Morgan fingerprint density at radius 2 is 2.28 bits per heavy atom. The Hall–Kier alpha value is -2.08. The Kier molecular flexibility index (Phi) is 5.58. The fourth-order valence-electron chi connectivity index (χ4n) is 3.52. The van der Waals surface area contributed by atoms with Crippen molar-refractivity contribution in [3.63, 3.8) is 0 Å². The molecule has 3 N–H and O–H groups in total. The molecule has 0 saturated carbocycles. The molecule has 1 fully saturated rings. The van der Waals surface area contributed by atoms with E-state index in [9.17, 15) is 0 Å². The molecule has 2 unspecified atom stereocenters. The fraction of sp³-hybridized carbons (Fsp3) is 0.579. The highest BCUT2D eigenvalue weighted by molar-refractivity contribution is 5.81. The van der Waals surface area contributed by atoms with E-state index in [-0.39, 0.29) is 0 Å². The number of hydrogen-bond acceptors (Lipinski definition) is 3. The van der Waals surface area contributed by atoms with Crippen LogP contribution in [0.1, 0.15) is 26.3 Å². The number of guanidine groups is 1. The summed E-state index contributed by atoms with van der Waals surface area (Å²) in [6.45, 7) is 9.90. The van der Waals surface area contributed by atoms with Crippen LogP contribution in [0.4, 0.5) is 0 Å². The average molecular weight is 342 g/mol. The largest absolute Gasteiger partial charge is 0.356 e. The predicted molar refractivity (Wildman–Crippen MR) is 104 cm³/mol. The third-order valence-corrected chi connectivity index (χ3v) is 5.14. The van der Waals surface area contributed by atoms with E-state index in [4.69, 9.17) is 0 Å². The molecule has 2 atom stereocenters. The zero-order valence-corrected chi connectivity index (χ0v) is 15.7. The topological polar surface area (TPSA) is 68.3 Å². The highest BCUT2D eigenvalue weighted by Crippen LogP contribution is 2.18. The molecule has 1 aliphatic rings. The minimum Gasteiger partial charge on any atom is -0.356 e. The van der Waals surface area contributed by atoms with E-state index in [0.29, 0.717) is 18.0 Å². The summed E-state index contributed by atoms with van der Waals surface area (Å²) in [5.74, 6) is 1.51. The van der Waals surface area contributed by atoms with Crippen molar-refractivity contribution in [3.8, 4) is 0 Å². The van der Waals surface area contributed by atoms with Gasteiger partial charge in [-0.25, -0.2) is 4.98 Å². The maximum Gasteiger partial charge on any atom is 0.191 e. The van der Waals surface area contributed by atoms with Crippen LogP contribution in [0.25, 0.3) is 11.0 Å². The molecule has 1 saturated heterocycles. The molecule has 136 valence electrons. The van der Waals surface area contributed by atoms with Crippen LogP contribution in [0.3, 0.4) is 0 Å². The number of aliphatic imine (C=N–C) groups is 1. The Morgan fingerprint density at radius 1 is 1.44 bits per heavy atom. The summed E-state index contributed by atoms with van der Waals surface area (Å²) in [7, 11) is 1.84. The molecule has 0 bridgehead atoms. The quantitative estimate of drug-likeness (QED) is 0.574. The lowest BCUT2D eigenvalue weighted by molar-refractivity contribution is 0.265. The fourth-order valence-corrected chi connectivity index (χ4v) is 3.52. The molecule has 25 heavy (non-hydrogen) atoms. The molecule has 2 aromatic heterocycles. The number of nitrogens with zero attached hydrogens (tertiary/aromatic N) is 3. The molecule has 0 radical (unpaired) electrons. The van der Waals surface area contributed by atoms with Gasteiger partial charge in [0, 0.05) is 56.5 Å². The lowest BCUT2D eigenvalue weighted by Gasteiger charge is -2.21. The molecule has 0 aromatic carbocycles. The molecule has 6 nitrogen and oxygen atoms in total. The van der Waals surface area contributed by atoms with E-state index in [0.717, 1.165) is 37.7 Å². The van der Waals surface area contributed by atoms with Crippen LogP contribution in [0.5, 0.6) is 0 Å². The average Bonchev–Trinajstić information content (AvgIpc) is 3.18. The van der Waals surface area contributed by atoms with Crippen LogP contribution in [-0.4, -0.2) is 59.6 Å². The molecule has 3 heterocycles. The Labute approximate surface area is 150 Å². The molecular weight excluding hydrogens is 312 g/mol. The second-order valence-corrected chi connectivity index (χ2v) is 7.24. The van der Waals surface area contributed by atoms with Gasteiger partial charge in [0.1, 0.15) is 5.65 Å². The van der Waals surface area contributed by atoms with E-state index in [1.807, 2.05) is 19.3 Å². The van der Waals surface area contributed by atoms with Gasteiger partial charge in [-0.05, 0) is 43.9 Å². The van der Waals surface area contributed by atoms with Gasteiger partial charge >= 0.3 is 0 Å². The Bertz CT molecular complexity index is 720. The predicted octanol–water partition coefficient (Wildman–Crippen LogP) is 2.00. The molecule has 0 spiro atoms. The zero-order chi connectivity index (χ0) is 17.8. The zero-order valence-electron chi connectivity index (χ0n) is 15.7. The first-order chi connectivity index (χ1) is 12.1. The van der Waals surface area contributed by atoms with Crippen LogP contribution in [0.15, 0.2) is 29.5 Å². The summed E-state index contributed by atoms with van der Waals surface area (Å²) >= 11 is 0. The highest BCUT2D eigenvalue weighted by Gasteiger charge is 2.31. The lowest BCUT2D eigenvalue weighted by atomic mass is 10.1. The number of pyridine rings is 1. The molecule has 0 amide bonds. The summed E-state index contributed by atoms with van der Waals surface area (Å²) < 4.78 is 0. The highest BCUT2D eigenvalue weighted by atomic mass is 15.3. The SMILES string of the molecule is CN=C(NCCc1c[nH]c2ncccc12)NC1CN(C(C)C)CC1C. The Morgan fingerprint density at radius 3 is 3.00 bits per heavy atom. The van der Waals surface area contributed by atoms with Gasteiger partial charge in [0.25, 0.3) is 0 Å². The van der Waals surface area contributed by atoms with Crippen molar-refractivity contribution in [1.82, 2.24) is 25.5 Å². The van der Waals surface area contributed by atoms with E-state index >= 15 is 0 Å². The van der Waals surface area contributed by atoms with Crippen molar-refractivity contribution in [2.45, 2.75) is 39.3 Å². The van der Waals surface area contributed by atoms with Crippen molar-refractivity contribution in [3.05, 3.63) is 30.1 Å². The molecule has 0 aliphatic carbocycles. The van der Waals surface area contributed by atoms with Crippen LogP contribution in [-0.2, 0) is 6.42 Å². The number of fused-ring (bicyclic) bond motifs is 1. The first-order valence-electron chi connectivity index (χ1n) is 9.20. The monoisotopic (exact) mass is 342 g/mol. The number of likely N-dealkylation sites (tertiary alicyclic amines) is 1. The number of nitrogens with one attached hydrogen (secondary N) is 3. The maximum absolute atomic E-state index is 4.39. The van der Waals surface area contributed by atoms with Gasteiger partial charge in [-0.15, -0.1) is 0 Å². The van der Waals surface area contributed by atoms with Gasteiger partial charge in [0.05, 0.1) is 0 Å². The molecule has 3 rings (SSSR count). The van der Waals surface area contributed by atoms with Gasteiger partial charge in [-0.3, -0.25) is 9.89 Å². The first kappa shape index (κ1) is 17.7. The number of hydrogen-bond donors (Lipinski definition) is 3. The number of aromatic nitrogens is 2. The normalized spacial score (nSPS) is 22.0. The van der Waals surface area contributed by atoms with Crippen molar-refractivity contribution in [2.75, 3.05) is 26.7 Å². The molecule has 6 heteroatoms. The lowest BCUT2D eigenvalue weighted by Crippen LogP contribution is -2.47. The van der Waals surface area contributed by atoms with E-state index in [2.05, 4.69) is 63.5 Å². The summed E-state index contributed by atoms with van der Waals surface area (Å²) in [5, 5.41) is 8.24. The summed E-state index contributed by atoms with van der Waals surface area (Å²) in [6.07, 6.45) is 4.80. The number of H-pyrrole nitrogens is 1. The van der Waals surface area contributed by atoms with Crippen LogP contribution >= 0.6 is 0 Å². The Balaban J connectivity index is 1.51. The number of aromatic amines is 1. The van der Waals surface area contributed by atoms with E-state index < -0.39 is 0 Å². The van der Waals surface area contributed by atoms with Gasteiger partial charge < -0.3 is 15.6 Å². The smallest absolute Gasteiger partial charge is 0.191 e. The van der Waals surface area contributed by atoms with Gasteiger partial charge in [0.2, 0.25) is 0 Å². The second kappa shape index (κ2) is 7.87. The van der Waals surface area contributed by atoms with Crippen molar-refractivity contribution in [2.24, 2.45) is 10.9 Å². The minimum absolute atomic E-state index is 0.450. The van der Waals surface area contributed by atoms with Crippen LogP contribution in [0.2, 0.25) is 0 Å². The molecule has 2 aromatic rings. The molecular formula is C19H30N6. The van der Waals surface area contributed by atoms with E-state index in [1.165, 1.54) is 10.9 Å². The molecule has 1 aliphatic heterocycles. The van der Waals surface area contributed by atoms with Crippen molar-refractivity contribution < 1.29 is 0 Å². The summed E-state index contributed by atoms with van der Waals surface area (Å²) in [6, 6.07) is 5.14. The first-order valence-corrected chi connectivity index (χ1v) is 9.20. The van der Waals surface area contributed by atoms with Gasteiger partial charge in [0.15, 0.2) is 5.96 Å². The van der Waals surface area contributed by atoms with Gasteiger partial charge in [-0.2, -0.15) is 0 Å². The standard InChI is InChI=1S/C19H30N6/c1-13(2)25-11-14(3)17(12-25)24-19(20-4)22-9-7-15-10-23-18-16(15)6-5-8-21-18/h5-6,8,10,13-14,17H,7,9,11-12H2,1-4H3,(H,21,23)(H2,20,22,24). The van der Waals surface area contributed by atoms with Gasteiger partial charge in [-0.1, -0.05) is 6.92 Å². The summed E-state index contributed by atoms with van der Waals surface area (Å²) in [5.41, 5.74) is 2.24. The third-order valence-electron chi connectivity index (χ3n) is 5.14.